The highest BCUT2D eigenvalue weighted by molar-refractivity contribution is 5.37. The molecular formula is C17H28N4. The second-order valence-electron chi connectivity index (χ2n) is 5.98. The molecular weight excluding hydrogens is 260 g/mol. The normalized spacial score (nSPS) is 14.4. The van der Waals surface area contributed by atoms with Gasteiger partial charge in [0.2, 0.25) is 0 Å². The van der Waals surface area contributed by atoms with Gasteiger partial charge < -0.3 is 5.32 Å². The van der Waals surface area contributed by atoms with Crippen LogP contribution in [0.5, 0.6) is 0 Å². The van der Waals surface area contributed by atoms with Crippen molar-refractivity contribution < 1.29 is 0 Å². The first-order chi connectivity index (χ1) is 10.2. The highest BCUT2D eigenvalue weighted by atomic mass is 15.3. The molecule has 2 aromatic rings. The summed E-state index contributed by atoms with van der Waals surface area (Å²) in [4.78, 5) is 0. The van der Waals surface area contributed by atoms with Crippen molar-refractivity contribution in [3.63, 3.8) is 0 Å². The molecule has 4 heteroatoms. The Hall–Kier alpha value is -1.42. The summed E-state index contributed by atoms with van der Waals surface area (Å²) in [5.74, 6) is 0.989. The van der Waals surface area contributed by atoms with Gasteiger partial charge in [-0.1, -0.05) is 45.1 Å². The molecule has 0 aliphatic rings. The predicted molar refractivity (Wildman–Crippen MR) is 87.4 cm³/mol. The van der Waals surface area contributed by atoms with Crippen molar-refractivity contribution in [2.45, 2.75) is 71.4 Å². The Morgan fingerprint density at radius 1 is 1.10 bits per heavy atom. The maximum absolute atomic E-state index is 4.32. The molecule has 0 aliphatic heterocycles. The van der Waals surface area contributed by atoms with Gasteiger partial charge in [-0.3, -0.25) is 4.40 Å². The minimum atomic E-state index is 0.216. The van der Waals surface area contributed by atoms with Gasteiger partial charge in [0.05, 0.1) is 6.04 Å². The standard InChI is InChI=1S/C17H28N4/c1-4-5-6-7-8-11-14(2)18-15(3)17-20-19-16-12-9-10-13-21(16)17/h9-10,12-15,18H,4-8,11H2,1-3H3. The van der Waals surface area contributed by atoms with E-state index < -0.39 is 0 Å². The van der Waals surface area contributed by atoms with Crippen LogP contribution in [0.25, 0.3) is 5.65 Å². The maximum atomic E-state index is 4.32. The van der Waals surface area contributed by atoms with Crippen molar-refractivity contribution in [3.8, 4) is 0 Å². The minimum absolute atomic E-state index is 0.216. The molecule has 0 radical (unpaired) electrons. The van der Waals surface area contributed by atoms with Crippen LogP contribution in [0.15, 0.2) is 24.4 Å². The van der Waals surface area contributed by atoms with E-state index in [0.717, 1.165) is 11.5 Å². The molecule has 2 atom stereocenters. The third-order valence-electron chi connectivity index (χ3n) is 4.00. The average molecular weight is 288 g/mol. The highest BCUT2D eigenvalue weighted by Gasteiger charge is 2.15. The van der Waals surface area contributed by atoms with E-state index in [0.29, 0.717) is 6.04 Å². The zero-order valence-corrected chi connectivity index (χ0v) is 13.5. The summed E-state index contributed by atoms with van der Waals surface area (Å²) in [7, 11) is 0. The van der Waals surface area contributed by atoms with Gasteiger partial charge in [0.25, 0.3) is 0 Å². The van der Waals surface area contributed by atoms with Crippen molar-refractivity contribution in [3.05, 3.63) is 30.2 Å². The molecule has 21 heavy (non-hydrogen) atoms. The molecule has 0 fully saturated rings. The van der Waals surface area contributed by atoms with E-state index in [2.05, 4.69) is 40.7 Å². The Morgan fingerprint density at radius 2 is 1.90 bits per heavy atom. The van der Waals surface area contributed by atoms with Crippen LogP contribution < -0.4 is 5.32 Å². The zero-order valence-electron chi connectivity index (χ0n) is 13.5. The fourth-order valence-electron chi connectivity index (χ4n) is 2.79. The number of nitrogens with zero attached hydrogens (tertiary/aromatic N) is 3. The smallest absolute Gasteiger partial charge is 0.160 e. The van der Waals surface area contributed by atoms with E-state index >= 15 is 0 Å². The Labute approximate surface area is 128 Å². The first-order valence-electron chi connectivity index (χ1n) is 8.28. The van der Waals surface area contributed by atoms with E-state index in [1.54, 1.807) is 0 Å². The second-order valence-corrected chi connectivity index (χ2v) is 5.98. The largest absolute Gasteiger partial charge is 0.305 e. The van der Waals surface area contributed by atoms with Crippen LogP contribution in [0, 0.1) is 0 Å². The number of unbranched alkanes of at least 4 members (excludes halogenated alkanes) is 4. The summed E-state index contributed by atoms with van der Waals surface area (Å²) in [5, 5.41) is 12.2. The molecule has 2 aromatic heterocycles. The van der Waals surface area contributed by atoms with Crippen LogP contribution >= 0.6 is 0 Å². The lowest BCUT2D eigenvalue weighted by molar-refractivity contribution is 0.424. The summed E-state index contributed by atoms with van der Waals surface area (Å²) < 4.78 is 2.06. The Bertz CT molecular complexity index is 534. The molecule has 2 heterocycles. The van der Waals surface area contributed by atoms with Crippen LogP contribution in [0.2, 0.25) is 0 Å². The number of rotatable bonds is 9. The number of hydrogen-bond donors (Lipinski definition) is 1. The lowest BCUT2D eigenvalue weighted by atomic mass is 10.1. The second kappa shape index (κ2) is 8.13. The fourth-order valence-corrected chi connectivity index (χ4v) is 2.79. The fraction of sp³-hybridized carbons (Fsp3) is 0.647. The Morgan fingerprint density at radius 3 is 2.71 bits per heavy atom. The highest BCUT2D eigenvalue weighted by Crippen LogP contribution is 2.14. The van der Waals surface area contributed by atoms with Gasteiger partial charge in [0, 0.05) is 12.2 Å². The summed E-state index contributed by atoms with van der Waals surface area (Å²) in [5.41, 5.74) is 0.911. The first kappa shape index (κ1) is 16.0. The van der Waals surface area contributed by atoms with Gasteiger partial charge >= 0.3 is 0 Å². The van der Waals surface area contributed by atoms with E-state index in [-0.39, 0.29) is 6.04 Å². The number of nitrogens with one attached hydrogen (secondary N) is 1. The van der Waals surface area contributed by atoms with Crippen molar-refractivity contribution in [1.29, 1.82) is 0 Å². The summed E-state index contributed by atoms with van der Waals surface area (Å²) >= 11 is 0. The number of hydrogen-bond acceptors (Lipinski definition) is 3. The van der Waals surface area contributed by atoms with Crippen molar-refractivity contribution in [2.24, 2.45) is 0 Å². The number of pyridine rings is 1. The van der Waals surface area contributed by atoms with E-state index in [1.165, 1.54) is 38.5 Å². The van der Waals surface area contributed by atoms with Gasteiger partial charge in [-0.15, -0.1) is 10.2 Å². The third-order valence-corrected chi connectivity index (χ3v) is 4.00. The van der Waals surface area contributed by atoms with Gasteiger partial charge in [0.15, 0.2) is 11.5 Å². The average Bonchev–Trinajstić information content (AvgIpc) is 2.91. The van der Waals surface area contributed by atoms with Gasteiger partial charge in [-0.25, -0.2) is 0 Å². The molecule has 0 aromatic carbocycles. The van der Waals surface area contributed by atoms with Gasteiger partial charge in [-0.05, 0) is 32.4 Å². The first-order valence-corrected chi connectivity index (χ1v) is 8.28. The molecule has 4 nitrogen and oxygen atoms in total. The molecule has 0 saturated heterocycles. The molecule has 2 unspecified atom stereocenters. The van der Waals surface area contributed by atoms with Crippen molar-refractivity contribution in [1.82, 2.24) is 19.9 Å². The van der Waals surface area contributed by atoms with E-state index in [1.807, 2.05) is 24.4 Å². The monoisotopic (exact) mass is 288 g/mol. The molecule has 2 rings (SSSR count). The van der Waals surface area contributed by atoms with Crippen LogP contribution in [0.4, 0.5) is 0 Å². The molecule has 0 aliphatic carbocycles. The molecule has 0 amide bonds. The maximum Gasteiger partial charge on any atom is 0.160 e. The predicted octanol–water partition coefficient (Wildman–Crippen LogP) is 4.13. The van der Waals surface area contributed by atoms with Gasteiger partial charge in [0.1, 0.15) is 0 Å². The molecule has 1 N–H and O–H groups in total. The van der Waals surface area contributed by atoms with Gasteiger partial charge in [-0.2, -0.15) is 0 Å². The lowest BCUT2D eigenvalue weighted by Gasteiger charge is -2.18. The van der Waals surface area contributed by atoms with Crippen molar-refractivity contribution >= 4 is 5.65 Å². The minimum Gasteiger partial charge on any atom is -0.305 e. The molecule has 0 spiro atoms. The number of fused-ring (bicyclic) bond motifs is 1. The molecule has 0 bridgehead atoms. The van der Waals surface area contributed by atoms with Crippen LogP contribution in [0.3, 0.4) is 0 Å². The summed E-state index contributed by atoms with van der Waals surface area (Å²) in [6.45, 7) is 6.69. The van der Waals surface area contributed by atoms with E-state index in [9.17, 15) is 0 Å². The lowest BCUT2D eigenvalue weighted by Crippen LogP contribution is -2.30. The quantitative estimate of drug-likeness (QED) is 0.705. The van der Waals surface area contributed by atoms with Crippen LogP contribution in [-0.4, -0.2) is 20.6 Å². The zero-order chi connectivity index (χ0) is 15.1. The topological polar surface area (TPSA) is 42.2 Å². The molecule has 0 saturated carbocycles. The third kappa shape index (κ3) is 4.53. The van der Waals surface area contributed by atoms with E-state index in [4.69, 9.17) is 0 Å². The Balaban J connectivity index is 1.82. The molecule has 116 valence electrons. The SMILES string of the molecule is CCCCCCCC(C)NC(C)c1nnc2ccccn12. The van der Waals surface area contributed by atoms with Crippen molar-refractivity contribution in [2.75, 3.05) is 0 Å². The summed E-state index contributed by atoms with van der Waals surface area (Å²) in [6.07, 6.45) is 9.95. The van der Waals surface area contributed by atoms with Crippen LogP contribution in [-0.2, 0) is 0 Å². The van der Waals surface area contributed by atoms with Crippen LogP contribution in [0.1, 0.15) is 71.2 Å². The Kier molecular flexibility index (Phi) is 6.18. The number of aromatic nitrogens is 3. The summed E-state index contributed by atoms with van der Waals surface area (Å²) in [6, 6.07) is 6.72.